The summed E-state index contributed by atoms with van der Waals surface area (Å²) in [7, 11) is 10.8. The monoisotopic (exact) mass is 734 g/mol. The van der Waals surface area contributed by atoms with E-state index in [-0.39, 0.29) is 53.6 Å². The van der Waals surface area contributed by atoms with E-state index in [9.17, 15) is 24.0 Å². The fraction of sp³-hybridized carbons (Fsp3) is 0.415. The third kappa shape index (κ3) is 6.61. The highest BCUT2D eigenvalue weighted by atomic mass is 16.5. The SMILES string of the molecule is COc1cc(-c2cn(C)c(=O)c3cnc(N(C)C)cc23)cc(OC)c1CN1CC(N(C)c2ccc3c(c2)C(=O)N(C2CCC(=O)CCCCC2=O)C3=O)C1. The Hall–Kier alpha value is -5.56. The molecular formula is C41H46N6O7. The molecule has 0 N–H and O–H groups in total. The number of likely N-dealkylation sites (tertiary alicyclic amines) is 1. The van der Waals surface area contributed by atoms with Crippen molar-refractivity contribution in [3.8, 4) is 22.6 Å². The summed E-state index contributed by atoms with van der Waals surface area (Å²) in [4.78, 5) is 77.4. The third-order valence-corrected chi connectivity index (χ3v) is 11.1. The zero-order valence-corrected chi connectivity index (χ0v) is 31.7. The van der Waals surface area contributed by atoms with Crippen LogP contribution in [-0.2, 0) is 23.2 Å². The van der Waals surface area contributed by atoms with E-state index in [1.807, 2.05) is 56.5 Å². The summed E-state index contributed by atoms with van der Waals surface area (Å²) >= 11 is 0. The number of aryl methyl sites for hydroxylation is 1. The lowest BCUT2D eigenvalue weighted by Crippen LogP contribution is -2.58. The van der Waals surface area contributed by atoms with E-state index >= 15 is 0 Å². The number of nitrogens with zero attached hydrogens (tertiary/aromatic N) is 6. The number of fused-ring (bicyclic) bond motifs is 2. The molecule has 0 spiro atoms. The van der Waals surface area contributed by atoms with Crippen LogP contribution in [0.5, 0.6) is 11.5 Å². The van der Waals surface area contributed by atoms with Gasteiger partial charge in [-0.05, 0) is 61.2 Å². The molecule has 0 bridgehead atoms. The number of amides is 2. The summed E-state index contributed by atoms with van der Waals surface area (Å²) in [5.74, 6) is 1.02. The fourth-order valence-electron chi connectivity index (χ4n) is 7.87. The molecule has 1 aliphatic carbocycles. The van der Waals surface area contributed by atoms with Crippen LogP contribution < -0.4 is 24.8 Å². The van der Waals surface area contributed by atoms with E-state index in [4.69, 9.17) is 9.47 Å². The summed E-state index contributed by atoms with van der Waals surface area (Å²) in [6, 6.07) is 10.4. The Bertz CT molecular complexity index is 2220. The molecule has 4 heterocycles. The number of methoxy groups -OCH3 is 2. The number of ketones is 2. The van der Waals surface area contributed by atoms with Gasteiger partial charge in [-0.25, -0.2) is 4.98 Å². The first kappa shape index (κ1) is 36.8. The fourth-order valence-corrected chi connectivity index (χ4v) is 7.87. The van der Waals surface area contributed by atoms with Gasteiger partial charge in [0.05, 0.1) is 48.4 Å². The molecule has 2 fully saturated rings. The van der Waals surface area contributed by atoms with Crippen molar-refractivity contribution in [2.75, 3.05) is 58.3 Å². The van der Waals surface area contributed by atoms with Crippen molar-refractivity contribution in [3.05, 3.63) is 75.8 Å². The van der Waals surface area contributed by atoms with Crippen LogP contribution in [0.25, 0.3) is 21.9 Å². The average molecular weight is 735 g/mol. The summed E-state index contributed by atoms with van der Waals surface area (Å²) in [6.07, 6.45) is 5.71. The minimum atomic E-state index is -0.919. The number of carbonyl (C=O) groups is 4. The van der Waals surface area contributed by atoms with Crippen LogP contribution in [-0.4, -0.2) is 103 Å². The maximum absolute atomic E-state index is 13.7. The number of rotatable bonds is 9. The van der Waals surface area contributed by atoms with E-state index in [2.05, 4.69) is 14.8 Å². The topological polar surface area (TPSA) is 135 Å². The number of hydrogen-bond acceptors (Lipinski definition) is 11. The van der Waals surface area contributed by atoms with Crippen molar-refractivity contribution in [3.63, 3.8) is 0 Å². The number of ether oxygens (including phenoxy) is 2. The molecule has 4 aromatic rings. The molecule has 1 atom stereocenters. The van der Waals surface area contributed by atoms with Crippen LogP contribution in [0.3, 0.4) is 0 Å². The molecule has 2 aliphatic heterocycles. The second-order valence-corrected chi connectivity index (χ2v) is 14.7. The molecule has 7 rings (SSSR count). The number of Topliss-reactive ketones (excluding diaryl/α,β-unsaturated/α-hetero) is 2. The number of likely N-dealkylation sites (N-methyl/N-ethyl adjacent to an activating group) is 1. The molecule has 2 aromatic carbocycles. The molecule has 13 heteroatoms. The predicted octanol–water partition coefficient (Wildman–Crippen LogP) is 4.46. The number of hydrogen-bond donors (Lipinski definition) is 0. The van der Waals surface area contributed by atoms with Crippen LogP contribution in [0.1, 0.15) is 64.8 Å². The Morgan fingerprint density at radius 2 is 1.50 bits per heavy atom. The van der Waals surface area contributed by atoms with Gasteiger partial charge in [-0.1, -0.05) is 0 Å². The van der Waals surface area contributed by atoms with Crippen molar-refractivity contribution in [1.82, 2.24) is 19.4 Å². The number of carbonyl (C=O) groups excluding carboxylic acids is 4. The Labute approximate surface area is 314 Å². The normalized spacial score (nSPS) is 18.3. The second kappa shape index (κ2) is 14.7. The van der Waals surface area contributed by atoms with Gasteiger partial charge >= 0.3 is 0 Å². The van der Waals surface area contributed by atoms with Crippen LogP contribution in [0.2, 0.25) is 0 Å². The number of aromatic nitrogens is 2. The maximum Gasteiger partial charge on any atom is 0.262 e. The summed E-state index contributed by atoms with van der Waals surface area (Å²) in [6.45, 7) is 2.04. The van der Waals surface area contributed by atoms with Crippen LogP contribution in [0.4, 0.5) is 11.5 Å². The van der Waals surface area contributed by atoms with Gasteiger partial charge in [0.15, 0.2) is 5.78 Å². The molecular weight excluding hydrogens is 688 g/mol. The zero-order chi connectivity index (χ0) is 38.4. The Morgan fingerprint density at radius 1 is 0.815 bits per heavy atom. The third-order valence-electron chi connectivity index (χ3n) is 11.1. The summed E-state index contributed by atoms with van der Waals surface area (Å²) in [5.41, 5.74) is 3.84. The minimum absolute atomic E-state index is 0.0606. The van der Waals surface area contributed by atoms with Gasteiger partial charge < -0.3 is 23.8 Å². The molecule has 13 nitrogen and oxygen atoms in total. The minimum Gasteiger partial charge on any atom is -0.496 e. The van der Waals surface area contributed by atoms with Gasteiger partial charge in [0.25, 0.3) is 17.4 Å². The van der Waals surface area contributed by atoms with E-state index in [0.717, 1.165) is 51.6 Å². The molecule has 2 amide bonds. The molecule has 54 heavy (non-hydrogen) atoms. The van der Waals surface area contributed by atoms with Gasteiger partial charge in [-0.2, -0.15) is 0 Å². The number of anilines is 2. The Morgan fingerprint density at radius 3 is 2.19 bits per heavy atom. The number of imide groups is 1. The Kier molecular flexibility index (Phi) is 10.0. The van der Waals surface area contributed by atoms with Gasteiger partial charge in [0, 0.05) is 96.1 Å². The zero-order valence-electron chi connectivity index (χ0n) is 31.7. The van der Waals surface area contributed by atoms with Crippen molar-refractivity contribution >= 4 is 45.7 Å². The Balaban J connectivity index is 1.08. The van der Waals surface area contributed by atoms with Crippen molar-refractivity contribution in [1.29, 1.82) is 0 Å². The highest BCUT2D eigenvalue weighted by Crippen LogP contribution is 2.39. The lowest BCUT2D eigenvalue weighted by Gasteiger charge is -2.45. The lowest BCUT2D eigenvalue weighted by atomic mass is 9.97. The van der Waals surface area contributed by atoms with E-state index in [0.29, 0.717) is 42.7 Å². The van der Waals surface area contributed by atoms with Crippen molar-refractivity contribution < 1.29 is 28.7 Å². The molecule has 0 radical (unpaired) electrons. The standard InChI is InChI=1S/C41H46N6O7/c1-43(2)38-18-29-31(19-42-38)39(50)44(3)22-32(29)24-15-36(53-5)33(37(16-24)54-6)23-46-20-26(21-46)45(4)25-11-13-28-30(17-25)41(52)47(40(28)51)34-14-12-27(48)9-7-8-10-35(34)49/h11,13,15-19,22,26,34H,7-10,12,14,20-21,23H2,1-6H3. The predicted molar refractivity (Wildman–Crippen MR) is 206 cm³/mol. The second-order valence-electron chi connectivity index (χ2n) is 14.7. The first-order valence-electron chi connectivity index (χ1n) is 18.3. The number of benzene rings is 2. The lowest BCUT2D eigenvalue weighted by molar-refractivity contribution is -0.123. The van der Waals surface area contributed by atoms with E-state index in [1.54, 1.807) is 44.2 Å². The van der Waals surface area contributed by atoms with Crippen molar-refractivity contribution in [2.24, 2.45) is 7.05 Å². The molecule has 282 valence electrons. The molecule has 1 saturated carbocycles. The molecule has 1 unspecified atom stereocenters. The molecule has 2 aromatic heterocycles. The average Bonchev–Trinajstić information content (AvgIpc) is 3.43. The van der Waals surface area contributed by atoms with Gasteiger partial charge in [0.2, 0.25) is 0 Å². The van der Waals surface area contributed by atoms with Gasteiger partial charge in [-0.15, -0.1) is 0 Å². The van der Waals surface area contributed by atoms with Crippen LogP contribution in [0.15, 0.2) is 53.6 Å². The highest BCUT2D eigenvalue weighted by Gasteiger charge is 2.43. The smallest absolute Gasteiger partial charge is 0.262 e. The van der Waals surface area contributed by atoms with Crippen LogP contribution in [0, 0.1) is 0 Å². The molecule has 1 saturated heterocycles. The quantitative estimate of drug-likeness (QED) is 0.226. The first-order valence-corrected chi connectivity index (χ1v) is 18.3. The van der Waals surface area contributed by atoms with Gasteiger partial charge in [-0.3, -0.25) is 33.8 Å². The highest BCUT2D eigenvalue weighted by molar-refractivity contribution is 6.23. The largest absolute Gasteiger partial charge is 0.496 e. The summed E-state index contributed by atoms with van der Waals surface area (Å²) < 4.78 is 13.4. The summed E-state index contributed by atoms with van der Waals surface area (Å²) in [5, 5.41) is 1.31. The maximum atomic E-state index is 13.7. The van der Waals surface area contributed by atoms with Crippen LogP contribution >= 0.6 is 0 Å². The van der Waals surface area contributed by atoms with Crippen molar-refractivity contribution in [2.45, 2.75) is 57.2 Å². The van der Waals surface area contributed by atoms with Gasteiger partial charge in [0.1, 0.15) is 23.1 Å². The van der Waals surface area contributed by atoms with E-state index in [1.165, 1.54) is 0 Å². The van der Waals surface area contributed by atoms with E-state index < -0.39 is 17.9 Å². The molecule has 3 aliphatic rings. The first-order chi connectivity index (χ1) is 25.9. The number of pyridine rings is 2.